The normalized spacial score (nSPS) is 18.7. The van der Waals surface area contributed by atoms with Crippen molar-refractivity contribution in [3.05, 3.63) is 24.5 Å². The summed E-state index contributed by atoms with van der Waals surface area (Å²) in [6.07, 6.45) is 1.99. The van der Waals surface area contributed by atoms with E-state index in [1.165, 1.54) is 21.0 Å². The summed E-state index contributed by atoms with van der Waals surface area (Å²) in [5, 5.41) is 0. The molecule has 0 spiro atoms. The molecule has 0 saturated carbocycles. The Balaban J connectivity index is 1.84. The number of nitrogens with zero attached hydrogens (tertiary/aromatic N) is 3. The minimum atomic E-state index is -3.67. The lowest BCUT2D eigenvalue weighted by Crippen LogP contribution is -2.37. The van der Waals surface area contributed by atoms with Gasteiger partial charge in [-0.25, -0.2) is 26.1 Å². The van der Waals surface area contributed by atoms with Crippen LogP contribution in [0.2, 0.25) is 0 Å². The quantitative estimate of drug-likeness (QED) is 0.847. The first-order chi connectivity index (χ1) is 11.3. The van der Waals surface area contributed by atoms with E-state index in [9.17, 15) is 16.8 Å². The lowest BCUT2D eigenvalue weighted by molar-refractivity contribution is 0.405. The van der Waals surface area contributed by atoms with E-state index in [0.29, 0.717) is 30.5 Å². The van der Waals surface area contributed by atoms with Crippen LogP contribution in [0.25, 0.3) is 11.0 Å². The van der Waals surface area contributed by atoms with Crippen LogP contribution < -0.4 is 0 Å². The summed E-state index contributed by atoms with van der Waals surface area (Å²) in [4.78, 5) is 7.16. The van der Waals surface area contributed by atoms with Crippen LogP contribution in [0.15, 0.2) is 29.4 Å². The molecule has 2 aromatic rings. The van der Waals surface area contributed by atoms with Crippen molar-refractivity contribution in [1.82, 2.24) is 18.6 Å². The lowest BCUT2D eigenvalue weighted by atomic mass is 10.3. The molecule has 1 aromatic carbocycles. The summed E-state index contributed by atoms with van der Waals surface area (Å²) in [5.74, 6) is 0.0240. The van der Waals surface area contributed by atoms with Crippen LogP contribution in [0.3, 0.4) is 0 Å². The molecule has 1 fully saturated rings. The lowest BCUT2D eigenvalue weighted by Gasteiger charge is -2.21. The highest BCUT2D eigenvalue weighted by molar-refractivity contribution is 7.89. The molecule has 8 nitrogen and oxygen atoms in total. The monoisotopic (exact) mass is 372 g/mol. The molecule has 132 valence electrons. The van der Waals surface area contributed by atoms with Gasteiger partial charge in [0.05, 0.1) is 28.0 Å². The summed E-state index contributed by atoms with van der Waals surface area (Å²) < 4.78 is 52.4. The Morgan fingerprint density at radius 3 is 2.54 bits per heavy atom. The molecule has 1 N–H and O–H groups in total. The Labute approximate surface area is 141 Å². The number of sulfonamides is 2. The van der Waals surface area contributed by atoms with E-state index in [0.717, 1.165) is 0 Å². The van der Waals surface area contributed by atoms with Crippen molar-refractivity contribution in [3.63, 3.8) is 0 Å². The van der Waals surface area contributed by atoms with Gasteiger partial charge < -0.3 is 4.98 Å². The van der Waals surface area contributed by atoms with Gasteiger partial charge in [0.25, 0.3) is 0 Å². The third-order valence-electron chi connectivity index (χ3n) is 4.20. The van der Waals surface area contributed by atoms with E-state index in [1.54, 1.807) is 19.1 Å². The van der Waals surface area contributed by atoms with Crippen LogP contribution in [-0.2, 0) is 20.0 Å². The van der Waals surface area contributed by atoms with Crippen LogP contribution in [-0.4, -0.2) is 67.3 Å². The van der Waals surface area contributed by atoms with E-state index in [1.807, 2.05) is 0 Å². The molecule has 0 aliphatic carbocycles. The molecule has 0 unspecified atom stereocenters. The molecule has 1 aliphatic heterocycles. The van der Waals surface area contributed by atoms with E-state index in [2.05, 4.69) is 9.97 Å². The molecule has 1 aliphatic rings. The number of fused-ring (bicyclic) bond motifs is 1. The second-order valence-electron chi connectivity index (χ2n) is 5.64. The zero-order valence-electron chi connectivity index (χ0n) is 13.3. The smallest absolute Gasteiger partial charge is 0.243 e. The van der Waals surface area contributed by atoms with E-state index in [-0.39, 0.29) is 23.7 Å². The number of nitrogens with one attached hydrogen (secondary N) is 1. The van der Waals surface area contributed by atoms with Crippen LogP contribution in [0.1, 0.15) is 13.3 Å². The number of hydrogen-bond donors (Lipinski definition) is 1. The fourth-order valence-electron chi connectivity index (χ4n) is 2.80. The van der Waals surface area contributed by atoms with Crippen molar-refractivity contribution in [1.29, 1.82) is 0 Å². The number of aromatic nitrogens is 2. The minimum absolute atomic E-state index is 0.0240. The first-order valence-electron chi connectivity index (χ1n) is 7.76. The van der Waals surface area contributed by atoms with Gasteiger partial charge in [-0.1, -0.05) is 0 Å². The molecular weight excluding hydrogens is 352 g/mol. The fraction of sp³-hybridized carbons (Fsp3) is 0.500. The number of aromatic amines is 1. The van der Waals surface area contributed by atoms with Crippen LogP contribution in [0, 0.1) is 0 Å². The van der Waals surface area contributed by atoms with Gasteiger partial charge in [-0.3, -0.25) is 0 Å². The Morgan fingerprint density at radius 1 is 1.08 bits per heavy atom. The van der Waals surface area contributed by atoms with Crippen LogP contribution >= 0.6 is 0 Å². The van der Waals surface area contributed by atoms with Gasteiger partial charge in [0.2, 0.25) is 20.0 Å². The maximum Gasteiger partial charge on any atom is 0.243 e. The highest BCUT2D eigenvalue weighted by Crippen LogP contribution is 2.21. The average molecular weight is 372 g/mol. The summed E-state index contributed by atoms with van der Waals surface area (Å²) in [5.41, 5.74) is 1.35. The molecule has 2 heterocycles. The number of H-pyrrole nitrogens is 1. The zero-order valence-corrected chi connectivity index (χ0v) is 15.0. The molecule has 0 atom stereocenters. The maximum atomic E-state index is 12.9. The Morgan fingerprint density at radius 2 is 1.79 bits per heavy atom. The number of rotatable bonds is 4. The van der Waals surface area contributed by atoms with E-state index in [4.69, 9.17) is 0 Å². The van der Waals surface area contributed by atoms with Gasteiger partial charge >= 0.3 is 0 Å². The maximum absolute atomic E-state index is 12.9. The molecule has 24 heavy (non-hydrogen) atoms. The Bertz CT molecular complexity index is 937. The van der Waals surface area contributed by atoms with Gasteiger partial charge in [-0.15, -0.1) is 0 Å². The first-order valence-corrected chi connectivity index (χ1v) is 10.8. The molecule has 0 radical (unpaired) electrons. The first kappa shape index (κ1) is 17.3. The third kappa shape index (κ3) is 3.18. The molecule has 1 saturated heterocycles. The predicted octanol–water partition coefficient (Wildman–Crippen LogP) is 0.609. The zero-order chi connectivity index (χ0) is 17.4. The SMILES string of the molecule is CCS(=O)(=O)N1CCCN(S(=O)(=O)c2ccc3nc[nH]c3c2)CC1. The average Bonchev–Trinajstić information content (AvgIpc) is 2.87. The summed E-state index contributed by atoms with van der Waals surface area (Å²) in [7, 11) is -6.97. The van der Waals surface area contributed by atoms with E-state index < -0.39 is 20.0 Å². The number of imidazole rings is 1. The molecule has 1 aromatic heterocycles. The molecule has 10 heteroatoms. The van der Waals surface area contributed by atoms with Gasteiger partial charge in [0.15, 0.2) is 0 Å². The van der Waals surface area contributed by atoms with Crippen molar-refractivity contribution in [2.75, 3.05) is 31.9 Å². The van der Waals surface area contributed by atoms with Crippen molar-refractivity contribution >= 4 is 31.1 Å². The summed E-state index contributed by atoms with van der Waals surface area (Å²) >= 11 is 0. The Kier molecular flexibility index (Phi) is 4.65. The van der Waals surface area contributed by atoms with Crippen molar-refractivity contribution in [2.24, 2.45) is 0 Å². The van der Waals surface area contributed by atoms with Crippen LogP contribution in [0.4, 0.5) is 0 Å². The molecule has 0 bridgehead atoms. The highest BCUT2D eigenvalue weighted by atomic mass is 32.2. The molecule has 3 rings (SSSR count). The van der Waals surface area contributed by atoms with E-state index >= 15 is 0 Å². The largest absolute Gasteiger partial charge is 0.345 e. The van der Waals surface area contributed by atoms with Crippen molar-refractivity contribution in [3.8, 4) is 0 Å². The molecule has 0 amide bonds. The molecular formula is C14H20N4O4S2. The topological polar surface area (TPSA) is 103 Å². The second-order valence-corrected chi connectivity index (χ2v) is 9.83. The standard InChI is InChI=1S/C14H20N4O4S2/c1-2-23(19,20)17-6-3-7-18(9-8-17)24(21,22)12-4-5-13-14(10-12)16-11-15-13/h4-5,10-11H,2-3,6-9H2,1H3,(H,15,16). The minimum Gasteiger partial charge on any atom is -0.345 e. The van der Waals surface area contributed by atoms with Gasteiger partial charge in [0, 0.05) is 26.2 Å². The number of hydrogen-bond acceptors (Lipinski definition) is 5. The summed E-state index contributed by atoms with van der Waals surface area (Å²) in [6.45, 7) is 2.58. The van der Waals surface area contributed by atoms with Crippen molar-refractivity contribution < 1.29 is 16.8 Å². The Hall–Kier alpha value is -1.49. The second kappa shape index (κ2) is 6.43. The fourth-order valence-corrected chi connectivity index (χ4v) is 5.42. The number of benzene rings is 1. The third-order valence-corrected chi connectivity index (χ3v) is 7.98. The predicted molar refractivity (Wildman–Crippen MR) is 90.5 cm³/mol. The van der Waals surface area contributed by atoms with Crippen LogP contribution in [0.5, 0.6) is 0 Å². The van der Waals surface area contributed by atoms with Gasteiger partial charge in [0.1, 0.15) is 0 Å². The summed E-state index contributed by atoms with van der Waals surface area (Å²) in [6, 6.07) is 4.75. The van der Waals surface area contributed by atoms with Gasteiger partial charge in [-0.2, -0.15) is 4.31 Å². The van der Waals surface area contributed by atoms with Crippen molar-refractivity contribution in [2.45, 2.75) is 18.2 Å². The van der Waals surface area contributed by atoms with Gasteiger partial charge in [-0.05, 0) is 31.5 Å². The highest BCUT2D eigenvalue weighted by Gasteiger charge is 2.30.